The Hall–Kier alpha value is -4.08. The summed E-state index contributed by atoms with van der Waals surface area (Å²) in [6, 6.07) is 11.7. The molecular formula is C22H21FN8O. The lowest BCUT2D eigenvalue weighted by Gasteiger charge is -2.36. The van der Waals surface area contributed by atoms with Gasteiger partial charge in [-0.15, -0.1) is 0 Å². The molecule has 1 fully saturated rings. The Morgan fingerprint density at radius 2 is 1.84 bits per heavy atom. The van der Waals surface area contributed by atoms with E-state index < -0.39 is 5.82 Å². The van der Waals surface area contributed by atoms with Crippen molar-refractivity contribution in [3.05, 3.63) is 67.0 Å². The number of hydrogen-bond acceptors (Lipinski definition) is 7. The summed E-state index contributed by atoms with van der Waals surface area (Å²) in [7, 11) is 0. The van der Waals surface area contributed by atoms with Gasteiger partial charge in [-0.05, 0) is 30.3 Å². The van der Waals surface area contributed by atoms with Gasteiger partial charge in [0.2, 0.25) is 5.91 Å². The Kier molecular flexibility index (Phi) is 5.32. The number of piperazine rings is 1. The van der Waals surface area contributed by atoms with Crippen LogP contribution in [0, 0.1) is 5.82 Å². The fraction of sp³-hybridized carbons (Fsp3) is 0.227. The number of aromatic nitrogens is 5. The first-order valence-electron chi connectivity index (χ1n) is 10.3. The summed E-state index contributed by atoms with van der Waals surface area (Å²) in [4.78, 5) is 30.1. The quantitative estimate of drug-likeness (QED) is 0.517. The lowest BCUT2D eigenvalue weighted by atomic mass is 10.2. The number of carbonyl (C=O) groups excluding carboxylic acids is 1. The van der Waals surface area contributed by atoms with Crippen LogP contribution in [0.25, 0.3) is 11.0 Å². The van der Waals surface area contributed by atoms with Gasteiger partial charge in [-0.1, -0.05) is 12.1 Å². The second-order valence-corrected chi connectivity index (χ2v) is 7.46. The van der Waals surface area contributed by atoms with Crippen molar-refractivity contribution in [3.8, 4) is 0 Å². The van der Waals surface area contributed by atoms with Gasteiger partial charge >= 0.3 is 0 Å². The number of pyridine rings is 1. The van der Waals surface area contributed by atoms with Crippen LogP contribution in [0.4, 0.5) is 21.7 Å². The molecular weight excluding hydrogens is 411 g/mol. The van der Waals surface area contributed by atoms with Gasteiger partial charge in [-0.2, -0.15) is 5.10 Å². The normalized spacial score (nSPS) is 14.0. The zero-order valence-corrected chi connectivity index (χ0v) is 17.2. The minimum Gasteiger partial charge on any atom is -0.353 e. The maximum atomic E-state index is 13.3. The molecule has 1 amide bonds. The van der Waals surface area contributed by atoms with Crippen molar-refractivity contribution in [2.75, 3.05) is 41.3 Å². The average Bonchev–Trinajstić information content (AvgIpc) is 3.22. The highest BCUT2D eigenvalue weighted by Crippen LogP contribution is 2.24. The van der Waals surface area contributed by atoms with Gasteiger partial charge in [0.25, 0.3) is 0 Å². The maximum Gasteiger partial charge on any atom is 0.246 e. The van der Waals surface area contributed by atoms with Gasteiger partial charge in [-0.3, -0.25) is 4.79 Å². The number of rotatable bonds is 5. The minimum absolute atomic E-state index is 0.0378. The molecule has 0 aliphatic carbocycles. The van der Waals surface area contributed by atoms with E-state index >= 15 is 0 Å². The van der Waals surface area contributed by atoms with Crippen molar-refractivity contribution < 1.29 is 9.18 Å². The summed E-state index contributed by atoms with van der Waals surface area (Å²) in [5.41, 5.74) is 0.976. The number of nitrogens with one attached hydrogen (secondary N) is 1. The van der Waals surface area contributed by atoms with E-state index in [0.29, 0.717) is 11.3 Å². The molecule has 0 radical (unpaired) electrons. The van der Waals surface area contributed by atoms with E-state index in [4.69, 9.17) is 0 Å². The lowest BCUT2D eigenvalue weighted by molar-refractivity contribution is -0.116. The highest BCUT2D eigenvalue weighted by Gasteiger charge is 2.22. The Morgan fingerprint density at radius 1 is 1.00 bits per heavy atom. The molecule has 1 N–H and O–H groups in total. The molecule has 32 heavy (non-hydrogen) atoms. The van der Waals surface area contributed by atoms with Gasteiger partial charge in [0.05, 0.1) is 11.6 Å². The molecule has 0 atom stereocenters. The predicted octanol–water partition coefficient (Wildman–Crippen LogP) is 2.33. The third-order valence-corrected chi connectivity index (χ3v) is 5.37. The molecule has 0 spiro atoms. The van der Waals surface area contributed by atoms with Crippen LogP contribution in [0.3, 0.4) is 0 Å². The Bertz CT molecular complexity index is 1240. The maximum absolute atomic E-state index is 13.3. The van der Waals surface area contributed by atoms with Crippen LogP contribution in [0.15, 0.2) is 61.2 Å². The molecule has 1 aliphatic heterocycles. The van der Waals surface area contributed by atoms with Crippen molar-refractivity contribution in [1.29, 1.82) is 0 Å². The number of amides is 1. The van der Waals surface area contributed by atoms with Crippen LogP contribution >= 0.6 is 0 Å². The highest BCUT2D eigenvalue weighted by atomic mass is 19.1. The monoisotopic (exact) mass is 432 g/mol. The first kappa shape index (κ1) is 19.9. The molecule has 4 aromatic rings. The number of nitrogens with zero attached hydrogens (tertiary/aromatic N) is 7. The summed E-state index contributed by atoms with van der Waals surface area (Å²) in [6.45, 7) is 3.19. The number of fused-ring (bicyclic) bond motifs is 1. The molecule has 0 unspecified atom stereocenters. The molecule has 9 nitrogen and oxygen atoms in total. The van der Waals surface area contributed by atoms with Gasteiger partial charge < -0.3 is 15.1 Å². The molecule has 1 aliphatic rings. The summed E-state index contributed by atoms with van der Waals surface area (Å²) in [5.74, 6) is 1.04. The number of carbonyl (C=O) groups is 1. The third kappa shape index (κ3) is 4.07. The van der Waals surface area contributed by atoms with Crippen LogP contribution in [0.5, 0.6) is 0 Å². The molecule has 1 saturated heterocycles. The average molecular weight is 432 g/mol. The molecule has 1 aromatic carbocycles. The smallest absolute Gasteiger partial charge is 0.246 e. The van der Waals surface area contributed by atoms with Crippen molar-refractivity contribution in [2.24, 2.45) is 0 Å². The highest BCUT2D eigenvalue weighted by molar-refractivity contribution is 5.92. The van der Waals surface area contributed by atoms with E-state index in [1.807, 2.05) is 18.2 Å². The van der Waals surface area contributed by atoms with Gasteiger partial charge in [0.1, 0.15) is 30.3 Å². The Morgan fingerprint density at radius 3 is 2.62 bits per heavy atom. The summed E-state index contributed by atoms with van der Waals surface area (Å²) >= 11 is 0. The summed E-state index contributed by atoms with van der Waals surface area (Å²) in [5, 5.41) is 7.81. The number of halogens is 1. The first-order chi connectivity index (χ1) is 15.7. The fourth-order valence-electron chi connectivity index (χ4n) is 3.84. The second kappa shape index (κ2) is 8.58. The van der Waals surface area contributed by atoms with E-state index in [1.165, 1.54) is 23.1 Å². The van der Waals surface area contributed by atoms with Gasteiger partial charge in [0, 0.05) is 38.1 Å². The van der Waals surface area contributed by atoms with Crippen LogP contribution < -0.4 is 15.1 Å². The first-order valence-corrected chi connectivity index (χ1v) is 10.3. The second-order valence-electron chi connectivity index (χ2n) is 7.46. The summed E-state index contributed by atoms with van der Waals surface area (Å²) < 4.78 is 14.9. The van der Waals surface area contributed by atoms with Gasteiger partial charge in [-0.25, -0.2) is 24.0 Å². The van der Waals surface area contributed by atoms with Crippen LogP contribution in [0.2, 0.25) is 0 Å². The van der Waals surface area contributed by atoms with Crippen molar-refractivity contribution in [3.63, 3.8) is 0 Å². The SMILES string of the molecule is O=C(Cn1ncc2c(N3CCN(c4ccccn4)CC3)ncnc21)Nc1cccc(F)c1. The zero-order chi connectivity index (χ0) is 21.9. The predicted molar refractivity (Wildman–Crippen MR) is 119 cm³/mol. The van der Waals surface area contributed by atoms with E-state index in [9.17, 15) is 9.18 Å². The van der Waals surface area contributed by atoms with Crippen molar-refractivity contribution in [2.45, 2.75) is 6.54 Å². The van der Waals surface area contributed by atoms with E-state index in [1.54, 1.807) is 24.5 Å². The van der Waals surface area contributed by atoms with E-state index in [-0.39, 0.29) is 12.5 Å². The summed E-state index contributed by atoms with van der Waals surface area (Å²) in [6.07, 6.45) is 4.98. The molecule has 0 bridgehead atoms. The van der Waals surface area contributed by atoms with Crippen molar-refractivity contribution in [1.82, 2.24) is 24.7 Å². The fourth-order valence-corrected chi connectivity index (χ4v) is 3.84. The zero-order valence-electron chi connectivity index (χ0n) is 17.2. The molecule has 10 heteroatoms. The topological polar surface area (TPSA) is 92.1 Å². The lowest BCUT2D eigenvalue weighted by Crippen LogP contribution is -2.47. The van der Waals surface area contributed by atoms with Crippen LogP contribution in [-0.4, -0.2) is 56.8 Å². The molecule has 162 valence electrons. The Balaban J connectivity index is 1.30. The van der Waals surface area contributed by atoms with Crippen molar-refractivity contribution >= 4 is 34.3 Å². The number of anilines is 3. The number of benzene rings is 1. The molecule has 0 saturated carbocycles. The minimum atomic E-state index is -0.409. The van der Waals surface area contributed by atoms with E-state index in [2.05, 4.69) is 35.2 Å². The molecule has 4 heterocycles. The van der Waals surface area contributed by atoms with Crippen LogP contribution in [-0.2, 0) is 11.3 Å². The van der Waals surface area contributed by atoms with E-state index in [0.717, 1.165) is 43.2 Å². The standard InChI is InChI=1S/C22H21FN8O/c23-16-4-3-5-17(12-16)28-20(32)14-31-22-18(13-27-31)21(25-15-26-22)30-10-8-29(9-11-30)19-6-1-2-7-24-19/h1-7,12-13,15H,8-11,14H2,(H,28,32). The van der Waals surface area contributed by atoms with Gasteiger partial charge in [0.15, 0.2) is 5.65 Å². The largest absolute Gasteiger partial charge is 0.353 e. The Labute approximate surface area is 183 Å². The molecule has 5 rings (SSSR count). The molecule has 3 aromatic heterocycles. The van der Waals surface area contributed by atoms with Crippen LogP contribution in [0.1, 0.15) is 0 Å². The number of hydrogen-bond donors (Lipinski definition) is 1. The third-order valence-electron chi connectivity index (χ3n) is 5.37.